The van der Waals surface area contributed by atoms with Crippen molar-refractivity contribution in [3.63, 3.8) is 0 Å². The molecule has 0 radical (unpaired) electrons. The van der Waals surface area contributed by atoms with Crippen molar-refractivity contribution in [3.8, 4) is 11.5 Å². The van der Waals surface area contributed by atoms with Crippen LogP contribution in [0.15, 0.2) is 84.3 Å². The Labute approximate surface area is 235 Å². The third-order valence-electron chi connectivity index (χ3n) is 6.90. The standard InChI is InChI=1S/C30H34F5NO5/c1-27(2,3)28(36(37)38)20-18-24(40-22-14-8-6-9-15-22)25(41-23-16-10-7-11-17-23)26(28)39-21-13-5-4-12-19-29(31,32)30(33,34)35/h6-11,14-18,20,26H,4-5,12-13,19,21H2,1-3H3. The first-order chi connectivity index (χ1) is 19.2. The second-order valence-corrected chi connectivity index (χ2v) is 10.8. The summed E-state index contributed by atoms with van der Waals surface area (Å²) in [7, 11) is 0. The molecule has 6 nitrogen and oxygen atoms in total. The highest BCUT2D eigenvalue weighted by molar-refractivity contribution is 5.39. The van der Waals surface area contributed by atoms with E-state index < -0.39 is 40.5 Å². The minimum Gasteiger partial charge on any atom is -0.455 e. The molecule has 0 N–H and O–H groups in total. The zero-order valence-corrected chi connectivity index (χ0v) is 23.1. The minimum atomic E-state index is -5.58. The molecule has 0 fully saturated rings. The Morgan fingerprint density at radius 2 is 1.37 bits per heavy atom. The van der Waals surface area contributed by atoms with Crippen molar-refractivity contribution >= 4 is 0 Å². The molecule has 0 aromatic heterocycles. The van der Waals surface area contributed by atoms with E-state index in [0.29, 0.717) is 17.9 Å². The van der Waals surface area contributed by atoms with Crippen LogP contribution < -0.4 is 9.47 Å². The van der Waals surface area contributed by atoms with Gasteiger partial charge in [0.1, 0.15) is 11.5 Å². The molecule has 2 unspecified atom stereocenters. The highest BCUT2D eigenvalue weighted by Crippen LogP contribution is 2.45. The van der Waals surface area contributed by atoms with Crippen LogP contribution >= 0.6 is 0 Å². The summed E-state index contributed by atoms with van der Waals surface area (Å²) in [4.78, 5) is 12.3. The van der Waals surface area contributed by atoms with Crippen LogP contribution in [0.5, 0.6) is 11.5 Å². The first-order valence-electron chi connectivity index (χ1n) is 13.3. The van der Waals surface area contributed by atoms with Crippen molar-refractivity contribution in [2.24, 2.45) is 5.41 Å². The number of hydrogen-bond acceptors (Lipinski definition) is 5. The third kappa shape index (κ3) is 7.63. The van der Waals surface area contributed by atoms with Gasteiger partial charge in [-0.3, -0.25) is 10.1 Å². The average molecular weight is 584 g/mol. The number of alkyl halides is 5. The molecule has 2 atom stereocenters. The predicted molar refractivity (Wildman–Crippen MR) is 143 cm³/mol. The van der Waals surface area contributed by atoms with E-state index in [-0.39, 0.29) is 37.4 Å². The maximum Gasteiger partial charge on any atom is 0.453 e. The number of hydrogen-bond donors (Lipinski definition) is 0. The monoisotopic (exact) mass is 583 g/mol. The molecule has 0 saturated heterocycles. The van der Waals surface area contributed by atoms with Crippen molar-refractivity contribution in [1.82, 2.24) is 0 Å². The number of para-hydroxylation sites is 2. The van der Waals surface area contributed by atoms with Gasteiger partial charge in [-0.2, -0.15) is 22.0 Å². The first-order valence-corrected chi connectivity index (χ1v) is 13.3. The average Bonchev–Trinajstić information content (AvgIpc) is 2.89. The van der Waals surface area contributed by atoms with Crippen LogP contribution in [0.1, 0.15) is 52.9 Å². The van der Waals surface area contributed by atoms with Crippen molar-refractivity contribution in [2.75, 3.05) is 6.61 Å². The Kier molecular flexibility index (Phi) is 10.2. The van der Waals surface area contributed by atoms with Crippen LogP contribution in [0.3, 0.4) is 0 Å². The van der Waals surface area contributed by atoms with Crippen molar-refractivity contribution in [1.29, 1.82) is 0 Å². The summed E-state index contributed by atoms with van der Waals surface area (Å²) >= 11 is 0. The van der Waals surface area contributed by atoms with Gasteiger partial charge in [0.05, 0.1) is 0 Å². The molecular weight excluding hydrogens is 549 g/mol. The summed E-state index contributed by atoms with van der Waals surface area (Å²) in [6.45, 7) is 5.10. The Balaban J connectivity index is 1.86. The Bertz CT molecular complexity index is 1210. The molecule has 0 bridgehead atoms. The van der Waals surface area contributed by atoms with Crippen molar-refractivity contribution in [2.45, 2.75) is 76.6 Å². The van der Waals surface area contributed by atoms with E-state index in [0.717, 1.165) is 0 Å². The smallest absolute Gasteiger partial charge is 0.453 e. The lowest BCUT2D eigenvalue weighted by Crippen LogP contribution is -2.60. The fraction of sp³-hybridized carbons (Fsp3) is 0.467. The number of halogens is 5. The maximum absolute atomic E-state index is 13.2. The van der Waals surface area contributed by atoms with Crippen LogP contribution in [0.4, 0.5) is 22.0 Å². The fourth-order valence-electron chi connectivity index (χ4n) is 4.54. The normalized spacial score (nSPS) is 19.8. The fourth-order valence-corrected chi connectivity index (χ4v) is 4.54. The van der Waals surface area contributed by atoms with Crippen LogP contribution in [-0.2, 0) is 4.74 Å². The summed E-state index contributed by atoms with van der Waals surface area (Å²) in [5, 5.41) is 12.7. The Morgan fingerprint density at radius 3 is 1.88 bits per heavy atom. The number of nitro groups is 1. The number of allylic oxidation sites excluding steroid dienone is 1. The number of ether oxygens (including phenoxy) is 3. The molecule has 41 heavy (non-hydrogen) atoms. The molecule has 3 rings (SSSR count). The van der Waals surface area contributed by atoms with Gasteiger partial charge < -0.3 is 14.2 Å². The quantitative estimate of drug-likeness (QED) is 0.102. The zero-order valence-electron chi connectivity index (χ0n) is 23.1. The van der Waals surface area contributed by atoms with Gasteiger partial charge in [0.2, 0.25) is 0 Å². The molecule has 0 spiro atoms. The summed E-state index contributed by atoms with van der Waals surface area (Å²) in [6, 6.07) is 17.4. The van der Waals surface area contributed by atoms with E-state index in [4.69, 9.17) is 14.2 Å². The van der Waals surface area contributed by atoms with E-state index in [1.807, 2.05) is 6.07 Å². The molecule has 1 aliphatic rings. The van der Waals surface area contributed by atoms with Crippen molar-refractivity contribution in [3.05, 3.63) is 94.4 Å². The third-order valence-corrected chi connectivity index (χ3v) is 6.90. The van der Waals surface area contributed by atoms with E-state index in [9.17, 15) is 32.1 Å². The lowest BCUT2D eigenvalue weighted by atomic mass is 9.68. The van der Waals surface area contributed by atoms with E-state index in [2.05, 4.69) is 0 Å². The van der Waals surface area contributed by atoms with Crippen LogP contribution in [0.25, 0.3) is 0 Å². The van der Waals surface area contributed by atoms with Gasteiger partial charge in [-0.1, -0.05) is 70.0 Å². The van der Waals surface area contributed by atoms with Gasteiger partial charge >= 0.3 is 12.1 Å². The summed E-state index contributed by atoms with van der Waals surface area (Å²) in [5.41, 5.74) is -2.75. The van der Waals surface area contributed by atoms with E-state index >= 15 is 0 Å². The molecule has 0 aliphatic heterocycles. The summed E-state index contributed by atoms with van der Waals surface area (Å²) < 4.78 is 82.0. The summed E-state index contributed by atoms with van der Waals surface area (Å²) in [6.07, 6.45) is -4.82. The molecule has 1 aliphatic carbocycles. The molecular formula is C30H34F5NO5. The number of benzene rings is 2. The van der Waals surface area contributed by atoms with Crippen LogP contribution in [0, 0.1) is 15.5 Å². The number of unbranched alkanes of at least 4 members (excludes halogenated alkanes) is 3. The highest BCUT2D eigenvalue weighted by atomic mass is 19.4. The minimum absolute atomic E-state index is 0.0277. The maximum atomic E-state index is 13.2. The van der Waals surface area contributed by atoms with Gasteiger partial charge in [0, 0.05) is 23.4 Å². The second kappa shape index (κ2) is 13.0. The molecule has 224 valence electrons. The molecule has 0 saturated carbocycles. The SMILES string of the molecule is CC(C)(C)C1([N+](=O)[O-])C=CC(Oc2ccccc2)=C(Oc2ccccc2)C1OCCCCCCC(F)(F)C(F)(F)F. The van der Waals surface area contributed by atoms with Gasteiger partial charge in [-0.05, 0) is 49.3 Å². The van der Waals surface area contributed by atoms with Gasteiger partial charge in [0.15, 0.2) is 17.6 Å². The lowest BCUT2D eigenvalue weighted by molar-refractivity contribution is -0.587. The lowest BCUT2D eigenvalue weighted by Gasteiger charge is -2.42. The molecule has 2 aromatic rings. The molecule has 2 aromatic carbocycles. The zero-order chi connectivity index (χ0) is 30.3. The first kappa shape index (κ1) is 32.0. The molecule has 0 amide bonds. The molecule has 11 heteroatoms. The van der Waals surface area contributed by atoms with Crippen molar-refractivity contribution < 1.29 is 41.1 Å². The van der Waals surface area contributed by atoms with E-state index in [1.165, 1.54) is 12.2 Å². The largest absolute Gasteiger partial charge is 0.455 e. The highest BCUT2D eigenvalue weighted by Gasteiger charge is 2.62. The predicted octanol–water partition coefficient (Wildman–Crippen LogP) is 8.52. The Hall–Kier alpha value is -3.47. The second-order valence-electron chi connectivity index (χ2n) is 10.8. The van der Waals surface area contributed by atoms with Gasteiger partial charge in [-0.25, -0.2) is 0 Å². The topological polar surface area (TPSA) is 70.8 Å². The molecule has 0 heterocycles. The van der Waals surface area contributed by atoms with Crippen LogP contribution in [-0.4, -0.2) is 35.3 Å². The number of rotatable bonds is 13. The Morgan fingerprint density at radius 1 is 0.829 bits per heavy atom. The van der Waals surface area contributed by atoms with Gasteiger partial charge in [0.25, 0.3) is 5.54 Å². The summed E-state index contributed by atoms with van der Waals surface area (Å²) in [5.74, 6) is -3.57. The van der Waals surface area contributed by atoms with Gasteiger partial charge in [-0.15, -0.1) is 0 Å². The van der Waals surface area contributed by atoms with Crippen LogP contribution in [0.2, 0.25) is 0 Å². The van der Waals surface area contributed by atoms with E-state index in [1.54, 1.807) is 75.4 Å². The number of nitrogens with zero attached hydrogens (tertiary/aromatic N) is 1.